The fourth-order valence-corrected chi connectivity index (χ4v) is 1.73. The number of carbonyl (C=O) groups is 1. The Bertz CT molecular complexity index is 353. The fraction of sp³-hybridized carbons (Fsp3) is 0.462. The molecule has 4 heteroatoms. The van der Waals surface area contributed by atoms with Gasteiger partial charge in [0.15, 0.2) is 0 Å². The molecule has 1 rings (SSSR count). The van der Waals surface area contributed by atoms with Crippen LogP contribution in [0.1, 0.15) is 25.3 Å². The zero-order valence-electron chi connectivity index (χ0n) is 9.88. The Morgan fingerprint density at radius 3 is 2.65 bits per heavy atom. The lowest BCUT2D eigenvalue weighted by Gasteiger charge is -2.13. The first-order valence-electron chi connectivity index (χ1n) is 5.71. The SMILES string of the molecule is CC(Cc1ccc(F)cc1)NC(=O)CCCCl. The van der Waals surface area contributed by atoms with Crippen LogP contribution < -0.4 is 5.32 Å². The Balaban J connectivity index is 2.36. The highest BCUT2D eigenvalue weighted by atomic mass is 35.5. The van der Waals surface area contributed by atoms with E-state index in [4.69, 9.17) is 11.6 Å². The van der Waals surface area contributed by atoms with Crippen LogP contribution in [0.4, 0.5) is 4.39 Å². The van der Waals surface area contributed by atoms with Gasteiger partial charge in [-0.15, -0.1) is 11.6 Å². The van der Waals surface area contributed by atoms with E-state index in [0.29, 0.717) is 25.1 Å². The average molecular weight is 258 g/mol. The molecule has 1 amide bonds. The smallest absolute Gasteiger partial charge is 0.220 e. The minimum absolute atomic E-state index is 0.0141. The van der Waals surface area contributed by atoms with Crippen LogP contribution in [0.25, 0.3) is 0 Å². The van der Waals surface area contributed by atoms with E-state index in [2.05, 4.69) is 5.32 Å². The number of alkyl halides is 1. The molecule has 0 heterocycles. The van der Waals surface area contributed by atoms with Gasteiger partial charge in [-0.05, 0) is 37.5 Å². The molecule has 0 saturated heterocycles. The van der Waals surface area contributed by atoms with Gasteiger partial charge in [0, 0.05) is 18.3 Å². The Kier molecular flexibility index (Phi) is 5.98. The van der Waals surface area contributed by atoms with E-state index in [9.17, 15) is 9.18 Å². The van der Waals surface area contributed by atoms with Crippen LogP contribution in [-0.2, 0) is 11.2 Å². The Morgan fingerprint density at radius 2 is 2.06 bits per heavy atom. The highest BCUT2D eigenvalue weighted by molar-refractivity contribution is 6.17. The van der Waals surface area contributed by atoms with Gasteiger partial charge in [-0.25, -0.2) is 4.39 Å². The summed E-state index contributed by atoms with van der Waals surface area (Å²) in [7, 11) is 0. The topological polar surface area (TPSA) is 29.1 Å². The molecule has 0 radical (unpaired) electrons. The van der Waals surface area contributed by atoms with Crippen molar-refractivity contribution in [2.45, 2.75) is 32.2 Å². The third kappa shape index (κ3) is 5.68. The summed E-state index contributed by atoms with van der Waals surface area (Å²) in [5.41, 5.74) is 1.01. The van der Waals surface area contributed by atoms with Gasteiger partial charge < -0.3 is 5.32 Å². The van der Waals surface area contributed by atoms with Gasteiger partial charge in [0.05, 0.1) is 0 Å². The van der Waals surface area contributed by atoms with Gasteiger partial charge in [0.25, 0.3) is 0 Å². The second-order valence-corrected chi connectivity index (χ2v) is 4.47. The molecule has 0 aromatic heterocycles. The van der Waals surface area contributed by atoms with Crippen molar-refractivity contribution < 1.29 is 9.18 Å². The van der Waals surface area contributed by atoms with Gasteiger partial charge in [-0.2, -0.15) is 0 Å². The molecule has 1 aromatic rings. The molecule has 0 bridgehead atoms. The van der Waals surface area contributed by atoms with Crippen molar-refractivity contribution in [1.29, 1.82) is 0 Å². The quantitative estimate of drug-likeness (QED) is 0.780. The largest absolute Gasteiger partial charge is 0.353 e. The number of hydrogen-bond acceptors (Lipinski definition) is 1. The molecule has 2 nitrogen and oxygen atoms in total. The number of carbonyl (C=O) groups excluding carboxylic acids is 1. The average Bonchev–Trinajstić information content (AvgIpc) is 2.29. The Hall–Kier alpha value is -1.09. The lowest BCUT2D eigenvalue weighted by Crippen LogP contribution is -2.33. The third-order valence-corrected chi connectivity index (χ3v) is 2.67. The van der Waals surface area contributed by atoms with Crippen LogP contribution in [0, 0.1) is 5.82 Å². The summed E-state index contributed by atoms with van der Waals surface area (Å²) >= 11 is 5.51. The molecule has 94 valence electrons. The number of nitrogens with one attached hydrogen (secondary N) is 1. The van der Waals surface area contributed by atoms with E-state index in [0.717, 1.165) is 5.56 Å². The Morgan fingerprint density at radius 1 is 1.41 bits per heavy atom. The summed E-state index contributed by atoms with van der Waals surface area (Å²) in [4.78, 5) is 11.4. The molecular weight excluding hydrogens is 241 g/mol. The van der Waals surface area contributed by atoms with E-state index in [1.165, 1.54) is 12.1 Å². The molecule has 0 aliphatic carbocycles. The van der Waals surface area contributed by atoms with E-state index < -0.39 is 0 Å². The number of benzene rings is 1. The van der Waals surface area contributed by atoms with Crippen LogP contribution >= 0.6 is 11.6 Å². The maximum absolute atomic E-state index is 12.7. The van der Waals surface area contributed by atoms with E-state index in [1.54, 1.807) is 12.1 Å². The first kappa shape index (κ1) is 14.0. The van der Waals surface area contributed by atoms with Crippen LogP contribution in [0.15, 0.2) is 24.3 Å². The van der Waals surface area contributed by atoms with E-state index in [-0.39, 0.29) is 17.8 Å². The van der Waals surface area contributed by atoms with Crippen LogP contribution in [0.5, 0.6) is 0 Å². The molecule has 1 atom stereocenters. The molecule has 1 aromatic carbocycles. The molecule has 1 unspecified atom stereocenters. The van der Waals surface area contributed by atoms with Crippen molar-refractivity contribution >= 4 is 17.5 Å². The maximum atomic E-state index is 12.7. The van der Waals surface area contributed by atoms with Gasteiger partial charge in [-0.1, -0.05) is 12.1 Å². The first-order valence-corrected chi connectivity index (χ1v) is 6.25. The van der Waals surface area contributed by atoms with Crippen LogP contribution in [0.2, 0.25) is 0 Å². The van der Waals surface area contributed by atoms with Gasteiger partial charge >= 0.3 is 0 Å². The minimum atomic E-state index is -0.243. The van der Waals surface area contributed by atoms with Gasteiger partial charge in [0.1, 0.15) is 5.82 Å². The van der Waals surface area contributed by atoms with Crippen molar-refractivity contribution in [2.24, 2.45) is 0 Å². The number of rotatable bonds is 6. The second-order valence-electron chi connectivity index (χ2n) is 4.09. The van der Waals surface area contributed by atoms with Gasteiger partial charge in [-0.3, -0.25) is 4.79 Å². The van der Waals surface area contributed by atoms with E-state index in [1.807, 2.05) is 6.92 Å². The number of amides is 1. The monoisotopic (exact) mass is 257 g/mol. The molecule has 0 fully saturated rings. The van der Waals surface area contributed by atoms with Crippen molar-refractivity contribution in [3.8, 4) is 0 Å². The predicted octanol–water partition coefficient (Wildman–Crippen LogP) is 2.89. The van der Waals surface area contributed by atoms with Gasteiger partial charge in [0.2, 0.25) is 5.91 Å². The normalized spacial score (nSPS) is 12.2. The standard InChI is InChI=1S/C13H17ClFNO/c1-10(16-13(17)3-2-8-14)9-11-4-6-12(15)7-5-11/h4-7,10H,2-3,8-9H2,1H3,(H,16,17). The molecule has 0 aliphatic heterocycles. The van der Waals surface area contributed by atoms with Crippen LogP contribution in [0.3, 0.4) is 0 Å². The summed E-state index contributed by atoms with van der Waals surface area (Å²) in [5.74, 6) is 0.271. The van der Waals surface area contributed by atoms with Crippen molar-refractivity contribution in [1.82, 2.24) is 5.32 Å². The minimum Gasteiger partial charge on any atom is -0.353 e. The lowest BCUT2D eigenvalue weighted by molar-refractivity contribution is -0.121. The zero-order chi connectivity index (χ0) is 12.7. The summed E-state index contributed by atoms with van der Waals surface area (Å²) in [5, 5.41) is 2.89. The first-order chi connectivity index (χ1) is 8.11. The molecule has 0 spiro atoms. The molecule has 0 saturated carbocycles. The third-order valence-electron chi connectivity index (χ3n) is 2.40. The Labute approximate surface area is 106 Å². The lowest BCUT2D eigenvalue weighted by atomic mass is 10.1. The van der Waals surface area contributed by atoms with Crippen LogP contribution in [-0.4, -0.2) is 17.8 Å². The highest BCUT2D eigenvalue weighted by Gasteiger charge is 2.07. The fourth-order valence-electron chi connectivity index (χ4n) is 1.60. The molecule has 17 heavy (non-hydrogen) atoms. The van der Waals surface area contributed by atoms with E-state index >= 15 is 0 Å². The molecular formula is C13H17ClFNO. The molecule has 0 aliphatic rings. The summed E-state index contributed by atoms with van der Waals surface area (Å²) in [6.45, 7) is 1.93. The maximum Gasteiger partial charge on any atom is 0.220 e. The zero-order valence-corrected chi connectivity index (χ0v) is 10.6. The summed E-state index contributed by atoms with van der Waals surface area (Å²) in [6.07, 6.45) is 1.85. The summed E-state index contributed by atoms with van der Waals surface area (Å²) in [6, 6.07) is 6.37. The van der Waals surface area contributed by atoms with Crippen molar-refractivity contribution in [3.05, 3.63) is 35.6 Å². The predicted molar refractivity (Wildman–Crippen MR) is 67.7 cm³/mol. The number of hydrogen-bond donors (Lipinski definition) is 1. The molecule has 1 N–H and O–H groups in total. The second kappa shape index (κ2) is 7.28. The van der Waals surface area contributed by atoms with Crippen molar-refractivity contribution in [2.75, 3.05) is 5.88 Å². The highest BCUT2D eigenvalue weighted by Crippen LogP contribution is 2.06. The van der Waals surface area contributed by atoms with Crippen molar-refractivity contribution in [3.63, 3.8) is 0 Å². The number of halogens is 2. The summed E-state index contributed by atoms with van der Waals surface area (Å²) < 4.78 is 12.7.